The lowest BCUT2D eigenvalue weighted by atomic mass is 9.68. The van der Waals surface area contributed by atoms with Crippen molar-refractivity contribution in [3.8, 4) is 5.69 Å². The molecule has 6 nitrogen and oxygen atoms in total. The number of aromatic nitrogens is 3. The standard InChI is InChI=1S/C21H17N3O3/c1-27-11-8-5-9-20-15-12-13-14(12)17(21(11,15)20)24-19(26)22(10-6-3-2-4-7-10)18(25)23(24)16(13)20/h2-9,12-17H,1H3/t12-,13-,14-,15-,16-,17+,20-,21-/m1/s1. The highest BCUT2D eigenvalue weighted by Crippen LogP contribution is 3.04. The van der Waals surface area contributed by atoms with E-state index >= 15 is 0 Å². The molecule has 134 valence electrons. The molecule has 4 fully saturated rings. The van der Waals surface area contributed by atoms with Gasteiger partial charge in [0.1, 0.15) is 5.76 Å². The minimum Gasteiger partial charge on any atom is -0.500 e. The number of allylic oxidation sites excluding steroid dienone is 4. The first-order chi connectivity index (χ1) is 13.2. The molecular weight excluding hydrogens is 342 g/mol. The molecule has 0 saturated heterocycles. The van der Waals surface area contributed by atoms with Gasteiger partial charge in [-0.05, 0) is 41.9 Å². The molecule has 2 bridgehead atoms. The molecule has 4 saturated carbocycles. The maximum Gasteiger partial charge on any atom is 0.352 e. The van der Waals surface area contributed by atoms with Crippen molar-refractivity contribution >= 4 is 0 Å². The number of para-hydroxylation sites is 1. The molecule has 2 aromatic rings. The van der Waals surface area contributed by atoms with Crippen molar-refractivity contribution < 1.29 is 4.74 Å². The fourth-order valence-corrected chi connectivity index (χ4v) is 8.38. The third kappa shape index (κ3) is 0.947. The maximum absolute atomic E-state index is 13.5. The summed E-state index contributed by atoms with van der Waals surface area (Å²) in [4.78, 5) is 26.9. The SMILES string of the molecule is COC1=CC=C[C@@]23[C@H]4[C@H]5[C@@H]6[C@@H]5[C@H]2n2c(=O)n(-c5ccccc5)c(=O)n2[C@@H]6[C@@]143. The predicted molar refractivity (Wildman–Crippen MR) is 95.4 cm³/mol. The normalized spacial score (nSPS) is 47.4. The van der Waals surface area contributed by atoms with Crippen LogP contribution in [0, 0.1) is 34.5 Å². The molecule has 3 heterocycles. The Balaban J connectivity index is 1.48. The van der Waals surface area contributed by atoms with Crippen molar-refractivity contribution in [2.75, 3.05) is 7.11 Å². The Morgan fingerprint density at radius 2 is 1.67 bits per heavy atom. The topological polar surface area (TPSA) is 58.2 Å². The Morgan fingerprint density at radius 3 is 2.41 bits per heavy atom. The highest BCUT2D eigenvalue weighted by Gasteiger charge is 3.04. The molecule has 1 aromatic heterocycles. The van der Waals surface area contributed by atoms with Crippen LogP contribution in [0.4, 0.5) is 0 Å². The van der Waals surface area contributed by atoms with Crippen LogP contribution in [0.3, 0.4) is 0 Å². The van der Waals surface area contributed by atoms with E-state index in [1.165, 1.54) is 4.57 Å². The lowest BCUT2D eigenvalue weighted by molar-refractivity contribution is 0.0119. The molecule has 7 aliphatic rings. The maximum atomic E-state index is 13.5. The monoisotopic (exact) mass is 359 g/mol. The fraction of sp³-hybridized carbons (Fsp3) is 0.429. The van der Waals surface area contributed by atoms with Gasteiger partial charge in [-0.25, -0.2) is 23.5 Å². The van der Waals surface area contributed by atoms with Crippen molar-refractivity contribution in [3.05, 3.63) is 75.3 Å². The average molecular weight is 359 g/mol. The largest absolute Gasteiger partial charge is 0.500 e. The van der Waals surface area contributed by atoms with Crippen LogP contribution in [-0.2, 0) is 4.74 Å². The Labute approximate surface area is 154 Å². The number of benzene rings is 1. The van der Waals surface area contributed by atoms with E-state index in [-0.39, 0.29) is 34.3 Å². The van der Waals surface area contributed by atoms with Crippen molar-refractivity contribution in [3.63, 3.8) is 0 Å². The van der Waals surface area contributed by atoms with Crippen molar-refractivity contribution in [2.45, 2.75) is 12.1 Å². The van der Waals surface area contributed by atoms with E-state index in [1.54, 1.807) is 11.8 Å². The average Bonchev–Trinajstić information content (AvgIpc) is 3.46. The van der Waals surface area contributed by atoms with Gasteiger partial charge in [0.25, 0.3) is 0 Å². The Bertz CT molecular complexity index is 1260. The van der Waals surface area contributed by atoms with Gasteiger partial charge in [-0.2, -0.15) is 0 Å². The summed E-state index contributed by atoms with van der Waals surface area (Å²) in [6.45, 7) is 0. The summed E-state index contributed by atoms with van der Waals surface area (Å²) < 4.78 is 10.8. The van der Waals surface area contributed by atoms with Crippen LogP contribution in [0.1, 0.15) is 12.1 Å². The first kappa shape index (κ1) is 13.4. The van der Waals surface area contributed by atoms with Gasteiger partial charge >= 0.3 is 11.4 Å². The van der Waals surface area contributed by atoms with E-state index in [0.717, 1.165) is 5.76 Å². The number of hydrogen-bond acceptors (Lipinski definition) is 3. The van der Waals surface area contributed by atoms with Crippen LogP contribution in [-0.4, -0.2) is 21.0 Å². The minimum absolute atomic E-state index is 0.0268. The van der Waals surface area contributed by atoms with Gasteiger partial charge in [-0.1, -0.05) is 30.4 Å². The van der Waals surface area contributed by atoms with Crippen LogP contribution in [0.25, 0.3) is 5.69 Å². The lowest BCUT2D eigenvalue weighted by Crippen LogP contribution is -2.53. The second kappa shape index (κ2) is 3.51. The predicted octanol–water partition coefficient (Wildman–Crippen LogP) is 1.49. The van der Waals surface area contributed by atoms with Crippen LogP contribution in [0.15, 0.2) is 63.9 Å². The Hall–Kier alpha value is -2.76. The van der Waals surface area contributed by atoms with Crippen molar-refractivity contribution in [2.24, 2.45) is 34.5 Å². The summed E-state index contributed by atoms with van der Waals surface area (Å²) in [5.41, 5.74) is 0.117. The van der Waals surface area contributed by atoms with Crippen LogP contribution >= 0.6 is 0 Å². The zero-order valence-electron chi connectivity index (χ0n) is 14.6. The lowest BCUT2D eigenvalue weighted by Gasteiger charge is -2.48. The molecule has 0 unspecified atom stereocenters. The molecule has 6 heteroatoms. The summed E-state index contributed by atoms with van der Waals surface area (Å²) in [5, 5.41) is 0. The van der Waals surface area contributed by atoms with Gasteiger partial charge in [0.05, 0.1) is 30.3 Å². The molecule has 27 heavy (non-hydrogen) atoms. The highest BCUT2D eigenvalue weighted by molar-refractivity contribution is 5.59. The second-order valence-corrected chi connectivity index (χ2v) is 8.92. The van der Waals surface area contributed by atoms with Gasteiger partial charge < -0.3 is 4.74 Å². The zero-order valence-corrected chi connectivity index (χ0v) is 14.6. The first-order valence-corrected chi connectivity index (χ1v) is 9.66. The van der Waals surface area contributed by atoms with E-state index in [9.17, 15) is 9.59 Å². The molecule has 2 aliphatic heterocycles. The molecule has 0 amide bonds. The molecule has 5 aliphatic carbocycles. The van der Waals surface area contributed by atoms with Crippen LogP contribution in [0.2, 0.25) is 0 Å². The van der Waals surface area contributed by atoms with Gasteiger partial charge in [-0.15, -0.1) is 0 Å². The van der Waals surface area contributed by atoms with Gasteiger partial charge in [0, 0.05) is 5.41 Å². The van der Waals surface area contributed by atoms with Crippen LogP contribution < -0.4 is 11.4 Å². The molecular formula is C21H17N3O3. The Kier molecular flexibility index (Phi) is 1.74. The summed E-state index contributed by atoms with van der Waals surface area (Å²) in [6, 6.07) is 9.41. The first-order valence-electron chi connectivity index (χ1n) is 9.66. The number of methoxy groups -OCH3 is 1. The quantitative estimate of drug-likeness (QED) is 0.816. The summed E-state index contributed by atoms with van der Waals surface area (Å²) >= 11 is 0. The molecule has 2 spiro atoms. The summed E-state index contributed by atoms with van der Waals surface area (Å²) in [5.74, 6) is 3.24. The summed E-state index contributed by atoms with van der Waals surface area (Å²) in [7, 11) is 1.74. The molecule has 1 aromatic carbocycles. The van der Waals surface area contributed by atoms with E-state index in [2.05, 4.69) is 18.2 Å². The third-order valence-corrected chi connectivity index (χ3v) is 8.70. The number of ether oxygens (including phenoxy) is 1. The van der Waals surface area contributed by atoms with E-state index in [4.69, 9.17) is 4.74 Å². The van der Waals surface area contributed by atoms with Gasteiger partial charge in [0.2, 0.25) is 0 Å². The molecule has 0 N–H and O–H groups in total. The summed E-state index contributed by atoms with van der Waals surface area (Å²) in [6.07, 6.45) is 6.49. The number of rotatable bonds is 2. The molecule has 0 radical (unpaired) electrons. The van der Waals surface area contributed by atoms with Crippen molar-refractivity contribution in [1.29, 1.82) is 0 Å². The number of hydrogen-bond donors (Lipinski definition) is 0. The van der Waals surface area contributed by atoms with E-state index in [1.807, 2.05) is 35.0 Å². The number of nitrogens with zero attached hydrogens (tertiary/aromatic N) is 3. The third-order valence-electron chi connectivity index (χ3n) is 8.70. The zero-order chi connectivity index (χ0) is 17.9. The van der Waals surface area contributed by atoms with Gasteiger partial charge in [-0.3, -0.25) is 0 Å². The molecule has 9 rings (SSSR count). The highest BCUT2D eigenvalue weighted by atomic mass is 16.5. The van der Waals surface area contributed by atoms with Crippen LogP contribution in [0.5, 0.6) is 0 Å². The minimum atomic E-state index is -0.203. The fourth-order valence-electron chi connectivity index (χ4n) is 8.38. The van der Waals surface area contributed by atoms with E-state index in [0.29, 0.717) is 29.4 Å². The van der Waals surface area contributed by atoms with Gasteiger partial charge in [0.15, 0.2) is 0 Å². The van der Waals surface area contributed by atoms with E-state index < -0.39 is 0 Å². The van der Waals surface area contributed by atoms with Crippen molar-refractivity contribution in [1.82, 2.24) is 13.9 Å². The second-order valence-electron chi connectivity index (χ2n) is 8.92. The Morgan fingerprint density at radius 1 is 0.963 bits per heavy atom. The smallest absolute Gasteiger partial charge is 0.352 e. The molecule has 8 atom stereocenters.